The number of benzene rings is 1. The molecule has 0 saturated heterocycles. The summed E-state index contributed by atoms with van der Waals surface area (Å²) in [5, 5.41) is 15.0. The number of nitrogens with one attached hydrogen (secondary N) is 2. The van der Waals surface area contributed by atoms with E-state index in [1.165, 1.54) is 28.6 Å². The van der Waals surface area contributed by atoms with Crippen LogP contribution in [0.2, 0.25) is 6.82 Å². The van der Waals surface area contributed by atoms with E-state index < -0.39 is 7.05 Å². The number of aromatic nitrogens is 2. The van der Waals surface area contributed by atoms with Gasteiger partial charge in [-0.05, 0) is 38.0 Å². The van der Waals surface area contributed by atoms with Crippen LogP contribution in [0.5, 0.6) is 0 Å². The molecule has 112 valence electrons. The number of hydrogen-bond donors (Lipinski definition) is 3. The van der Waals surface area contributed by atoms with E-state index >= 15 is 0 Å². The maximum Gasteiger partial charge on any atom is 0.373 e. The van der Waals surface area contributed by atoms with Crippen LogP contribution in [0, 0.1) is 12.7 Å². The first kappa shape index (κ1) is 15.9. The zero-order chi connectivity index (χ0) is 15.4. The van der Waals surface area contributed by atoms with Crippen molar-refractivity contribution in [2.45, 2.75) is 30.1 Å². The number of H-pyrrole nitrogens is 1. The minimum absolute atomic E-state index is 0.116. The van der Waals surface area contributed by atoms with Gasteiger partial charge in [0.1, 0.15) is 5.82 Å². The molecule has 21 heavy (non-hydrogen) atoms. The smallest absolute Gasteiger partial charge is 0.373 e. The Labute approximate surface area is 126 Å². The van der Waals surface area contributed by atoms with E-state index in [1.807, 2.05) is 6.92 Å². The van der Waals surface area contributed by atoms with Crippen molar-refractivity contribution >= 4 is 18.8 Å². The lowest BCUT2D eigenvalue weighted by Crippen LogP contribution is -2.35. The molecule has 3 N–H and O–H groups in total. The average molecular weight is 309 g/mol. The molecule has 0 aliphatic heterocycles. The summed E-state index contributed by atoms with van der Waals surface area (Å²) in [5.41, 5.74) is 0.653. The van der Waals surface area contributed by atoms with Crippen molar-refractivity contribution in [3.63, 3.8) is 0 Å². The highest BCUT2D eigenvalue weighted by molar-refractivity contribution is 7.99. The molecule has 0 radical (unpaired) electrons. The van der Waals surface area contributed by atoms with Gasteiger partial charge in [-0.15, -0.1) is 0 Å². The summed E-state index contributed by atoms with van der Waals surface area (Å²) < 4.78 is 14.4. The standard InChI is InChI=1S/C13H17BFN3O2S/c1-9-12(21-11-5-3-10(15)4-6-11)13(19)18(17-9)8-7-16-14(2)20/h3-6,16-17,20H,7-8H2,1-2H3. The van der Waals surface area contributed by atoms with Gasteiger partial charge in [-0.2, -0.15) is 0 Å². The van der Waals surface area contributed by atoms with Crippen molar-refractivity contribution in [2.24, 2.45) is 0 Å². The van der Waals surface area contributed by atoms with Gasteiger partial charge in [0.2, 0.25) is 0 Å². The highest BCUT2D eigenvalue weighted by Gasteiger charge is 2.13. The van der Waals surface area contributed by atoms with Crippen molar-refractivity contribution in [2.75, 3.05) is 6.54 Å². The summed E-state index contributed by atoms with van der Waals surface area (Å²) in [6.45, 7) is 4.37. The van der Waals surface area contributed by atoms with Crippen LogP contribution < -0.4 is 10.8 Å². The van der Waals surface area contributed by atoms with Crippen LogP contribution in [0.15, 0.2) is 38.9 Å². The van der Waals surface area contributed by atoms with Gasteiger partial charge in [-0.25, -0.2) is 4.39 Å². The topological polar surface area (TPSA) is 70.0 Å². The molecule has 0 aliphatic rings. The molecule has 0 amide bonds. The lowest BCUT2D eigenvalue weighted by Gasteiger charge is -2.04. The molecule has 1 aromatic carbocycles. The van der Waals surface area contributed by atoms with Crippen LogP contribution in [0.3, 0.4) is 0 Å². The Morgan fingerprint density at radius 3 is 2.71 bits per heavy atom. The van der Waals surface area contributed by atoms with Gasteiger partial charge in [0, 0.05) is 17.1 Å². The van der Waals surface area contributed by atoms with Crippen LogP contribution in [0.4, 0.5) is 4.39 Å². The van der Waals surface area contributed by atoms with Crippen LogP contribution in [-0.4, -0.2) is 28.4 Å². The van der Waals surface area contributed by atoms with Crippen molar-refractivity contribution in [1.29, 1.82) is 0 Å². The van der Waals surface area contributed by atoms with Crippen LogP contribution in [0.25, 0.3) is 0 Å². The molecule has 0 bridgehead atoms. The fraction of sp³-hybridized carbons (Fsp3) is 0.308. The fourth-order valence-electron chi connectivity index (χ4n) is 1.87. The average Bonchev–Trinajstić information content (AvgIpc) is 2.69. The molecule has 2 aromatic rings. The summed E-state index contributed by atoms with van der Waals surface area (Å²) >= 11 is 1.31. The Balaban J connectivity index is 2.11. The summed E-state index contributed by atoms with van der Waals surface area (Å²) in [6, 6.07) is 6.03. The van der Waals surface area contributed by atoms with E-state index in [0.29, 0.717) is 18.0 Å². The molecule has 0 atom stereocenters. The number of rotatable bonds is 6. The highest BCUT2D eigenvalue weighted by atomic mass is 32.2. The second-order valence-corrected chi connectivity index (χ2v) is 5.79. The second kappa shape index (κ2) is 6.97. The monoisotopic (exact) mass is 309 g/mol. The van der Waals surface area contributed by atoms with Crippen LogP contribution in [-0.2, 0) is 6.54 Å². The third-order valence-corrected chi connectivity index (χ3v) is 4.08. The Morgan fingerprint density at radius 2 is 2.10 bits per heavy atom. The number of nitrogens with zero attached hydrogens (tertiary/aromatic N) is 1. The van der Waals surface area contributed by atoms with Gasteiger partial charge in [0.05, 0.1) is 11.4 Å². The van der Waals surface area contributed by atoms with Gasteiger partial charge in [0.25, 0.3) is 5.56 Å². The highest BCUT2D eigenvalue weighted by Crippen LogP contribution is 2.26. The minimum atomic E-state index is -0.607. The maximum atomic E-state index is 12.9. The molecule has 1 heterocycles. The van der Waals surface area contributed by atoms with Gasteiger partial charge in [0.15, 0.2) is 0 Å². The molecule has 0 fully saturated rings. The lowest BCUT2D eigenvalue weighted by molar-refractivity contribution is 0.528. The van der Waals surface area contributed by atoms with Crippen molar-refractivity contribution in [3.05, 3.63) is 46.1 Å². The van der Waals surface area contributed by atoms with Gasteiger partial charge >= 0.3 is 7.05 Å². The van der Waals surface area contributed by atoms with Crippen LogP contribution in [0.1, 0.15) is 5.69 Å². The van der Waals surface area contributed by atoms with Gasteiger partial charge in [-0.1, -0.05) is 11.8 Å². The molecule has 1 aromatic heterocycles. The number of aryl methyl sites for hydroxylation is 1. The summed E-state index contributed by atoms with van der Waals surface area (Å²) in [7, 11) is -0.607. The van der Waals surface area contributed by atoms with Gasteiger partial charge in [-0.3, -0.25) is 14.6 Å². The number of halogens is 1. The second-order valence-electron chi connectivity index (χ2n) is 4.71. The summed E-state index contributed by atoms with van der Waals surface area (Å²) in [6.07, 6.45) is 0. The third-order valence-electron chi connectivity index (χ3n) is 2.89. The van der Waals surface area contributed by atoms with E-state index in [-0.39, 0.29) is 11.4 Å². The minimum Gasteiger partial charge on any atom is -0.437 e. The fourth-order valence-corrected chi connectivity index (χ4v) is 2.77. The molecular weight excluding hydrogens is 292 g/mol. The number of hydrogen-bond acceptors (Lipinski definition) is 4. The molecule has 0 spiro atoms. The SMILES string of the molecule is CB(O)NCCn1[nH]c(C)c(Sc2ccc(F)cc2)c1=O. The first-order valence-corrected chi connectivity index (χ1v) is 7.43. The first-order chi connectivity index (χ1) is 9.97. The van der Waals surface area contributed by atoms with Crippen LogP contribution >= 0.6 is 11.8 Å². The predicted octanol–water partition coefficient (Wildman–Crippen LogP) is 1.48. The van der Waals surface area contributed by atoms with Crippen molar-refractivity contribution < 1.29 is 9.41 Å². The molecular formula is C13H17BFN3O2S. The third kappa shape index (κ3) is 4.23. The summed E-state index contributed by atoms with van der Waals surface area (Å²) in [4.78, 5) is 13.7. The quantitative estimate of drug-likeness (QED) is 0.707. The van der Waals surface area contributed by atoms with E-state index in [1.54, 1.807) is 19.0 Å². The van der Waals surface area contributed by atoms with Crippen molar-refractivity contribution in [3.8, 4) is 0 Å². The van der Waals surface area contributed by atoms with E-state index in [0.717, 1.165) is 10.6 Å². The zero-order valence-electron chi connectivity index (χ0n) is 11.9. The van der Waals surface area contributed by atoms with E-state index in [2.05, 4.69) is 10.3 Å². The maximum absolute atomic E-state index is 12.9. The van der Waals surface area contributed by atoms with E-state index in [4.69, 9.17) is 5.02 Å². The Kier molecular flexibility index (Phi) is 5.27. The Hall–Kier alpha value is -1.51. The molecule has 2 rings (SSSR count). The molecule has 0 saturated carbocycles. The first-order valence-electron chi connectivity index (χ1n) is 6.61. The summed E-state index contributed by atoms with van der Waals surface area (Å²) in [5.74, 6) is -0.299. The predicted molar refractivity (Wildman–Crippen MR) is 82.2 cm³/mol. The Bertz CT molecular complexity index is 654. The Morgan fingerprint density at radius 1 is 1.43 bits per heavy atom. The molecule has 5 nitrogen and oxygen atoms in total. The van der Waals surface area contributed by atoms with Gasteiger partial charge < -0.3 is 10.3 Å². The molecule has 0 unspecified atom stereocenters. The normalized spacial score (nSPS) is 10.9. The molecule has 8 heteroatoms. The van der Waals surface area contributed by atoms with E-state index in [9.17, 15) is 9.18 Å². The zero-order valence-corrected chi connectivity index (χ0v) is 12.7. The van der Waals surface area contributed by atoms with Crippen molar-refractivity contribution in [1.82, 2.24) is 15.0 Å². The lowest BCUT2D eigenvalue weighted by atomic mass is 9.89. The number of aromatic amines is 1. The largest absolute Gasteiger partial charge is 0.437 e. The molecule has 0 aliphatic carbocycles.